The highest BCUT2D eigenvalue weighted by Crippen LogP contribution is 2.34. The molecule has 0 bridgehead atoms. The number of carbonyl (C=O) groups is 2. The Balaban J connectivity index is 2.07. The molecule has 1 fully saturated rings. The van der Waals surface area contributed by atoms with Gasteiger partial charge in [-0.1, -0.05) is 23.7 Å². The predicted molar refractivity (Wildman–Crippen MR) is 87.6 cm³/mol. The van der Waals surface area contributed by atoms with Crippen molar-refractivity contribution in [2.24, 2.45) is 5.92 Å². The maximum absolute atomic E-state index is 12.3. The van der Waals surface area contributed by atoms with E-state index >= 15 is 0 Å². The van der Waals surface area contributed by atoms with E-state index in [9.17, 15) is 14.7 Å². The minimum absolute atomic E-state index is 0.0170. The number of hydrogen-bond acceptors (Lipinski definition) is 3. The van der Waals surface area contributed by atoms with Crippen molar-refractivity contribution in [1.29, 1.82) is 0 Å². The molecule has 1 N–H and O–H groups in total. The molecular formula is C17H22ClNO4. The molecule has 1 unspecified atom stereocenters. The highest BCUT2D eigenvalue weighted by Gasteiger charge is 2.40. The molecule has 6 heteroatoms. The van der Waals surface area contributed by atoms with Gasteiger partial charge in [-0.05, 0) is 31.0 Å². The average molecular weight is 340 g/mol. The summed E-state index contributed by atoms with van der Waals surface area (Å²) in [5.41, 5.74) is 0.905. The molecule has 0 spiro atoms. The van der Waals surface area contributed by atoms with E-state index in [1.54, 1.807) is 24.1 Å². The molecule has 1 aromatic rings. The van der Waals surface area contributed by atoms with Crippen LogP contribution in [0.4, 0.5) is 0 Å². The number of benzene rings is 1. The second kappa shape index (κ2) is 7.79. The summed E-state index contributed by atoms with van der Waals surface area (Å²) in [7, 11) is 1.61. The van der Waals surface area contributed by atoms with Gasteiger partial charge in [0.15, 0.2) is 0 Å². The maximum atomic E-state index is 12.3. The minimum atomic E-state index is -0.870. The Hall–Kier alpha value is -1.59. The van der Waals surface area contributed by atoms with Crippen molar-refractivity contribution < 1.29 is 19.4 Å². The lowest BCUT2D eigenvalue weighted by Gasteiger charge is -2.17. The van der Waals surface area contributed by atoms with Gasteiger partial charge in [0.05, 0.1) is 12.0 Å². The first-order chi connectivity index (χ1) is 10.9. The number of nitrogens with zero attached hydrogens (tertiary/aromatic N) is 1. The Kier molecular flexibility index (Phi) is 6.02. The fraction of sp³-hybridized carbons (Fsp3) is 0.529. The van der Waals surface area contributed by atoms with Gasteiger partial charge in [-0.15, -0.1) is 0 Å². The van der Waals surface area contributed by atoms with Gasteiger partial charge in [0.1, 0.15) is 0 Å². The van der Waals surface area contributed by atoms with Crippen molar-refractivity contribution in [3.8, 4) is 0 Å². The molecule has 5 nitrogen and oxygen atoms in total. The summed E-state index contributed by atoms with van der Waals surface area (Å²) < 4.78 is 5.15. The number of rotatable bonds is 6. The number of carboxylic acid groups (broad SMARTS) is 1. The Morgan fingerprint density at radius 3 is 2.57 bits per heavy atom. The highest BCUT2D eigenvalue weighted by molar-refractivity contribution is 6.30. The first kappa shape index (κ1) is 17.8. The molecule has 1 aromatic carbocycles. The van der Waals surface area contributed by atoms with Crippen molar-refractivity contribution in [3.63, 3.8) is 0 Å². The monoisotopic (exact) mass is 339 g/mol. The van der Waals surface area contributed by atoms with Crippen LogP contribution < -0.4 is 0 Å². The second-order valence-corrected chi connectivity index (χ2v) is 6.42. The number of amides is 1. The van der Waals surface area contributed by atoms with Gasteiger partial charge in [-0.3, -0.25) is 9.59 Å². The van der Waals surface area contributed by atoms with Crippen LogP contribution in [-0.4, -0.2) is 48.2 Å². The minimum Gasteiger partial charge on any atom is -0.481 e. The van der Waals surface area contributed by atoms with Crippen LogP contribution in [0.1, 0.15) is 31.2 Å². The van der Waals surface area contributed by atoms with Crippen molar-refractivity contribution in [2.45, 2.75) is 31.8 Å². The van der Waals surface area contributed by atoms with E-state index in [0.717, 1.165) is 5.56 Å². The lowest BCUT2D eigenvalue weighted by atomic mass is 9.89. The molecule has 2 rings (SSSR count). The summed E-state index contributed by atoms with van der Waals surface area (Å²) in [6.07, 6.45) is 1.02. The summed E-state index contributed by atoms with van der Waals surface area (Å²) in [6, 6.07) is 7.18. The van der Waals surface area contributed by atoms with Crippen LogP contribution in [-0.2, 0) is 14.3 Å². The summed E-state index contributed by atoms with van der Waals surface area (Å²) in [5, 5.41) is 10.1. The van der Waals surface area contributed by atoms with Crippen LogP contribution in [0.15, 0.2) is 24.3 Å². The molecule has 1 aliphatic heterocycles. The van der Waals surface area contributed by atoms with E-state index in [4.69, 9.17) is 16.3 Å². The van der Waals surface area contributed by atoms with E-state index in [1.165, 1.54) is 0 Å². The second-order valence-electron chi connectivity index (χ2n) is 5.99. The fourth-order valence-corrected chi connectivity index (χ4v) is 3.03. The Morgan fingerprint density at radius 2 is 2.00 bits per heavy atom. The first-order valence-electron chi connectivity index (χ1n) is 7.71. The molecule has 23 heavy (non-hydrogen) atoms. The fourth-order valence-electron chi connectivity index (χ4n) is 2.91. The SMILES string of the molecule is COC(C)CCC(=O)N1C[C@@H](C(=O)O)[C@H](c2ccc(Cl)cc2)C1. The summed E-state index contributed by atoms with van der Waals surface area (Å²) >= 11 is 5.89. The first-order valence-corrected chi connectivity index (χ1v) is 8.09. The number of hydrogen-bond donors (Lipinski definition) is 1. The van der Waals surface area contributed by atoms with Crippen molar-refractivity contribution in [3.05, 3.63) is 34.9 Å². The lowest BCUT2D eigenvalue weighted by molar-refractivity contribution is -0.141. The average Bonchev–Trinajstić information content (AvgIpc) is 2.98. The number of methoxy groups -OCH3 is 1. The van der Waals surface area contributed by atoms with Crippen LogP contribution in [0.3, 0.4) is 0 Å². The predicted octanol–water partition coefficient (Wildman–Crippen LogP) is 2.78. The van der Waals surface area contributed by atoms with Crippen LogP contribution >= 0.6 is 11.6 Å². The number of carboxylic acids is 1. The zero-order chi connectivity index (χ0) is 17.0. The van der Waals surface area contributed by atoms with Crippen molar-refractivity contribution in [1.82, 2.24) is 4.90 Å². The zero-order valence-corrected chi connectivity index (χ0v) is 14.1. The maximum Gasteiger partial charge on any atom is 0.308 e. The van der Waals surface area contributed by atoms with Gasteiger partial charge in [-0.2, -0.15) is 0 Å². The molecule has 1 heterocycles. The van der Waals surface area contributed by atoms with Crippen LogP contribution in [0.2, 0.25) is 5.02 Å². The number of likely N-dealkylation sites (tertiary alicyclic amines) is 1. The highest BCUT2D eigenvalue weighted by atomic mass is 35.5. The zero-order valence-electron chi connectivity index (χ0n) is 13.4. The number of aliphatic carboxylic acids is 1. The standard InChI is InChI=1S/C17H22ClNO4/c1-11(23-2)3-8-16(20)19-9-14(15(10-19)17(21)22)12-4-6-13(18)7-5-12/h4-7,11,14-15H,3,8-10H2,1-2H3,(H,21,22)/t11?,14-,15+/m0/s1. The molecule has 0 radical (unpaired) electrons. The van der Waals surface area contributed by atoms with Crippen molar-refractivity contribution >= 4 is 23.5 Å². The molecule has 3 atom stereocenters. The van der Waals surface area contributed by atoms with Crippen LogP contribution in [0, 0.1) is 5.92 Å². The van der Waals surface area contributed by atoms with E-state index in [1.807, 2.05) is 19.1 Å². The van der Waals surface area contributed by atoms with E-state index < -0.39 is 11.9 Å². The van der Waals surface area contributed by atoms with E-state index in [-0.39, 0.29) is 24.5 Å². The molecule has 0 aliphatic carbocycles. The third-order valence-corrected chi connectivity index (χ3v) is 4.71. The Morgan fingerprint density at radius 1 is 1.35 bits per heavy atom. The number of ether oxygens (including phenoxy) is 1. The van der Waals surface area contributed by atoms with Gasteiger partial charge in [-0.25, -0.2) is 0 Å². The quantitative estimate of drug-likeness (QED) is 0.865. The molecule has 1 amide bonds. The van der Waals surface area contributed by atoms with E-state index in [0.29, 0.717) is 24.4 Å². The lowest BCUT2D eigenvalue weighted by Crippen LogP contribution is -2.30. The summed E-state index contributed by atoms with van der Waals surface area (Å²) in [5.74, 6) is -1.67. The largest absolute Gasteiger partial charge is 0.481 e. The molecule has 0 saturated carbocycles. The number of carbonyl (C=O) groups excluding carboxylic acids is 1. The molecule has 1 aliphatic rings. The third-order valence-electron chi connectivity index (χ3n) is 4.46. The molecule has 0 aromatic heterocycles. The van der Waals surface area contributed by atoms with Crippen LogP contribution in [0.5, 0.6) is 0 Å². The Labute approximate surface area is 141 Å². The van der Waals surface area contributed by atoms with Crippen LogP contribution in [0.25, 0.3) is 0 Å². The molecule has 1 saturated heterocycles. The molecular weight excluding hydrogens is 318 g/mol. The third kappa shape index (κ3) is 4.45. The summed E-state index contributed by atoms with van der Waals surface area (Å²) in [6.45, 7) is 2.59. The van der Waals surface area contributed by atoms with Gasteiger partial charge in [0, 0.05) is 37.6 Å². The topological polar surface area (TPSA) is 66.8 Å². The van der Waals surface area contributed by atoms with E-state index in [2.05, 4.69) is 0 Å². The molecule has 126 valence electrons. The van der Waals surface area contributed by atoms with Gasteiger partial charge in [0.25, 0.3) is 0 Å². The van der Waals surface area contributed by atoms with Gasteiger partial charge >= 0.3 is 5.97 Å². The van der Waals surface area contributed by atoms with Crippen molar-refractivity contribution in [2.75, 3.05) is 20.2 Å². The normalized spacial score (nSPS) is 22.1. The van der Waals surface area contributed by atoms with Gasteiger partial charge < -0.3 is 14.7 Å². The smallest absolute Gasteiger partial charge is 0.308 e. The summed E-state index contributed by atoms with van der Waals surface area (Å²) in [4.78, 5) is 25.5. The number of halogens is 1. The van der Waals surface area contributed by atoms with Gasteiger partial charge in [0.2, 0.25) is 5.91 Å². The Bertz CT molecular complexity index is 560.